The highest BCUT2D eigenvalue weighted by molar-refractivity contribution is 14.1. The van der Waals surface area contributed by atoms with Gasteiger partial charge in [-0.2, -0.15) is 0 Å². The molecule has 0 aliphatic rings. The topological polar surface area (TPSA) is 94.1 Å². The summed E-state index contributed by atoms with van der Waals surface area (Å²) >= 11 is 1.95. The minimum absolute atomic E-state index is 0.0359. The Morgan fingerprint density at radius 1 is 1.37 bits per heavy atom. The molecule has 0 saturated carbocycles. The van der Waals surface area contributed by atoms with Crippen molar-refractivity contribution in [3.63, 3.8) is 0 Å². The molecule has 0 spiro atoms. The Morgan fingerprint density at radius 2 is 2.11 bits per heavy atom. The van der Waals surface area contributed by atoms with Crippen LogP contribution in [-0.2, 0) is 0 Å². The molecule has 0 unspecified atom stereocenters. The first kappa shape index (κ1) is 13.5. The van der Waals surface area contributed by atoms with E-state index in [1.807, 2.05) is 22.6 Å². The van der Waals surface area contributed by atoms with E-state index in [-0.39, 0.29) is 23.1 Å². The predicted molar refractivity (Wildman–Crippen MR) is 77.7 cm³/mol. The van der Waals surface area contributed by atoms with Crippen LogP contribution in [-0.4, -0.2) is 9.91 Å². The van der Waals surface area contributed by atoms with Crippen molar-refractivity contribution in [3.05, 3.63) is 49.8 Å². The van der Waals surface area contributed by atoms with Crippen molar-refractivity contribution < 1.29 is 9.31 Å². The summed E-state index contributed by atoms with van der Waals surface area (Å²) in [5.74, 6) is -0.0912. The molecule has 98 valence electrons. The van der Waals surface area contributed by atoms with Gasteiger partial charge in [-0.05, 0) is 40.8 Å². The SMILES string of the molecule is Nc1cc([N+](=O)[O-])cc(Nc2ccc(F)cc2I)n1. The summed E-state index contributed by atoms with van der Waals surface area (Å²) in [6.45, 7) is 0. The molecule has 3 N–H and O–H groups in total. The highest BCUT2D eigenvalue weighted by atomic mass is 127. The monoisotopic (exact) mass is 374 g/mol. The minimum atomic E-state index is -0.557. The Hall–Kier alpha value is -1.97. The van der Waals surface area contributed by atoms with Crippen LogP contribution in [0.4, 0.5) is 27.4 Å². The molecule has 1 aromatic carbocycles. The molecule has 8 heteroatoms. The number of hydrogen-bond acceptors (Lipinski definition) is 5. The van der Waals surface area contributed by atoms with E-state index >= 15 is 0 Å². The first-order valence-electron chi connectivity index (χ1n) is 5.10. The predicted octanol–water partition coefficient (Wildman–Crippen LogP) is 3.06. The van der Waals surface area contributed by atoms with Crippen LogP contribution in [0.2, 0.25) is 0 Å². The van der Waals surface area contributed by atoms with Gasteiger partial charge in [-0.3, -0.25) is 10.1 Å². The lowest BCUT2D eigenvalue weighted by Crippen LogP contribution is -2.01. The lowest BCUT2D eigenvalue weighted by atomic mass is 10.3. The maximum absolute atomic E-state index is 13.0. The Morgan fingerprint density at radius 3 is 2.74 bits per heavy atom. The van der Waals surface area contributed by atoms with Gasteiger partial charge in [0.1, 0.15) is 17.5 Å². The van der Waals surface area contributed by atoms with E-state index in [0.717, 1.165) is 0 Å². The van der Waals surface area contributed by atoms with Gasteiger partial charge in [0, 0.05) is 3.57 Å². The summed E-state index contributed by atoms with van der Waals surface area (Å²) in [5.41, 5.74) is 5.93. The largest absolute Gasteiger partial charge is 0.383 e. The van der Waals surface area contributed by atoms with Crippen molar-refractivity contribution in [1.29, 1.82) is 0 Å². The van der Waals surface area contributed by atoms with Crippen LogP contribution in [0.1, 0.15) is 0 Å². The van der Waals surface area contributed by atoms with Crippen LogP contribution in [0.25, 0.3) is 0 Å². The molecular formula is C11H8FIN4O2. The summed E-state index contributed by atoms with van der Waals surface area (Å²) in [5, 5.41) is 13.6. The van der Waals surface area contributed by atoms with Gasteiger partial charge in [0.15, 0.2) is 0 Å². The number of nitrogens with two attached hydrogens (primary N) is 1. The number of nitro groups is 1. The third-order valence-electron chi connectivity index (χ3n) is 2.23. The normalized spacial score (nSPS) is 10.2. The Labute approximate surface area is 121 Å². The minimum Gasteiger partial charge on any atom is -0.383 e. The van der Waals surface area contributed by atoms with Gasteiger partial charge in [-0.1, -0.05) is 0 Å². The molecule has 0 aliphatic carbocycles. The number of halogens is 2. The van der Waals surface area contributed by atoms with E-state index in [4.69, 9.17) is 5.73 Å². The fraction of sp³-hybridized carbons (Fsp3) is 0. The van der Waals surface area contributed by atoms with Crippen molar-refractivity contribution >= 4 is 45.6 Å². The van der Waals surface area contributed by atoms with Crippen LogP contribution in [0, 0.1) is 19.5 Å². The van der Waals surface area contributed by atoms with Crippen molar-refractivity contribution in [2.75, 3.05) is 11.1 Å². The first-order chi connectivity index (χ1) is 8.95. The number of benzene rings is 1. The highest BCUT2D eigenvalue weighted by Crippen LogP contribution is 2.25. The summed E-state index contributed by atoms with van der Waals surface area (Å²) in [7, 11) is 0. The standard InChI is InChI=1S/C11H8FIN4O2/c12-6-1-2-9(8(13)3-6)15-11-5-7(17(18)19)4-10(14)16-11/h1-5H,(H3,14,15,16). The fourth-order valence-corrected chi connectivity index (χ4v) is 2.05. The molecule has 2 rings (SSSR count). The Balaban J connectivity index is 2.35. The van der Waals surface area contributed by atoms with Crippen LogP contribution in [0.3, 0.4) is 0 Å². The molecule has 19 heavy (non-hydrogen) atoms. The molecule has 2 aromatic rings. The van der Waals surface area contributed by atoms with Crippen LogP contribution < -0.4 is 11.1 Å². The average Bonchev–Trinajstić information content (AvgIpc) is 2.32. The molecule has 0 radical (unpaired) electrons. The van der Waals surface area contributed by atoms with Gasteiger partial charge in [0.25, 0.3) is 5.69 Å². The van der Waals surface area contributed by atoms with Gasteiger partial charge >= 0.3 is 0 Å². The number of hydrogen-bond donors (Lipinski definition) is 2. The average molecular weight is 374 g/mol. The zero-order chi connectivity index (χ0) is 14.0. The molecule has 6 nitrogen and oxygen atoms in total. The van der Waals surface area contributed by atoms with E-state index < -0.39 is 4.92 Å². The molecule has 1 heterocycles. The summed E-state index contributed by atoms with van der Waals surface area (Å²) < 4.78 is 13.6. The molecular weight excluding hydrogens is 366 g/mol. The number of rotatable bonds is 3. The second-order valence-electron chi connectivity index (χ2n) is 3.64. The molecule has 1 aromatic heterocycles. The quantitative estimate of drug-likeness (QED) is 0.489. The highest BCUT2D eigenvalue weighted by Gasteiger charge is 2.11. The van der Waals surface area contributed by atoms with Crippen molar-refractivity contribution in [1.82, 2.24) is 4.98 Å². The van der Waals surface area contributed by atoms with Crippen LogP contribution >= 0.6 is 22.6 Å². The summed E-state index contributed by atoms with van der Waals surface area (Å²) in [6, 6.07) is 6.57. The molecule has 0 bridgehead atoms. The van der Waals surface area contributed by atoms with Gasteiger partial charge in [-0.15, -0.1) is 0 Å². The van der Waals surface area contributed by atoms with Gasteiger partial charge in [0.2, 0.25) is 0 Å². The molecule has 0 atom stereocenters. The lowest BCUT2D eigenvalue weighted by Gasteiger charge is -2.08. The zero-order valence-corrected chi connectivity index (χ0v) is 11.6. The number of pyridine rings is 1. The Bertz CT molecular complexity index is 651. The summed E-state index contributed by atoms with van der Waals surface area (Å²) in [6.07, 6.45) is 0. The second-order valence-corrected chi connectivity index (χ2v) is 4.80. The molecule has 0 fully saturated rings. The lowest BCUT2D eigenvalue weighted by molar-refractivity contribution is -0.384. The van der Waals surface area contributed by atoms with E-state index in [2.05, 4.69) is 10.3 Å². The maximum atomic E-state index is 13.0. The zero-order valence-electron chi connectivity index (χ0n) is 9.43. The second kappa shape index (κ2) is 5.34. The fourth-order valence-electron chi connectivity index (χ4n) is 1.44. The summed E-state index contributed by atoms with van der Waals surface area (Å²) in [4.78, 5) is 14.1. The van der Waals surface area contributed by atoms with Crippen LogP contribution in [0.5, 0.6) is 0 Å². The van der Waals surface area contributed by atoms with Crippen molar-refractivity contribution in [2.24, 2.45) is 0 Å². The van der Waals surface area contributed by atoms with Crippen molar-refractivity contribution in [3.8, 4) is 0 Å². The number of anilines is 3. The Kier molecular flexibility index (Phi) is 3.79. The number of nitrogens with one attached hydrogen (secondary N) is 1. The van der Waals surface area contributed by atoms with E-state index in [1.165, 1.54) is 30.3 Å². The van der Waals surface area contributed by atoms with E-state index in [1.54, 1.807) is 0 Å². The van der Waals surface area contributed by atoms with E-state index in [0.29, 0.717) is 9.26 Å². The number of aromatic nitrogens is 1. The van der Waals surface area contributed by atoms with E-state index in [9.17, 15) is 14.5 Å². The van der Waals surface area contributed by atoms with Crippen molar-refractivity contribution in [2.45, 2.75) is 0 Å². The maximum Gasteiger partial charge on any atom is 0.276 e. The molecule has 0 saturated heterocycles. The number of nitrogens with zero attached hydrogens (tertiary/aromatic N) is 2. The van der Waals surface area contributed by atoms with Crippen LogP contribution in [0.15, 0.2) is 30.3 Å². The van der Waals surface area contributed by atoms with Gasteiger partial charge in [0.05, 0.1) is 22.7 Å². The smallest absolute Gasteiger partial charge is 0.276 e. The first-order valence-corrected chi connectivity index (χ1v) is 6.17. The molecule has 0 amide bonds. The molecule has 0 aliphatic heterocycles. The third kappa shape index (κ3) is 3.28. The number of nitrogen functional groups attached to an aromatic ring is 1. The van der Waals surface area contributed by atoms with Gasteiger partial charge in [-0.25, -0.2) is 9.37 Å². The third-order valence-corrected chi connectivity index (χ3v) is 3.13. The van der Waals surface area contributed by atoms with Gasteiger partial charge < -0.3 is 11.1 Å².